The standard InChI is InChI=1S/C20H22BrNO5/c1-5-27-17-10-12(6-7-16(17)22)19(23)15(21)9-13-8-14(24-2)11-18(25-3)20(13)26-4/h6-11H,5,22H2,1-4H3. The van der Waals surface area contributed by atoms with Gasteiger partial charge in [-0.2, -0.15) is 0 Å². The molecule has 0 saturated carbocycles. The maximum absolute atomic E-state index is 12.8. The Balaban J connectivity index is 2.45. The van der Waals surface area contributed by atoms with Crippen molar-refractivity contribution in [1.29, 1.82) is 0 Å². The van der Waals surface area contributed by atoms with Gasteiger partial charge in [-0.05, 0) is 53.2 Å². The lowest BCUT2D eigenvalue weighted by Gasteiger charge is -2.13. The molecular formula is C20H22BrNO5. The van der Waals surface area contributed by atoms with Crippen LogP contribution in [-0.2, 0) is 0 Å². The third kappa shape index (κ3) is 4.74. The minimum absolute atomic E-state index is 0.222. The van der Waals surface area contributed by atoms with E-state index in [2.05, 4.69) is 15.9 Å². The Morgan fingerprint density at radius 2 is 1.81 bits per heavy atom. The zero-order valence-corrected chi connectivity index (χ0v) is 17.3. The van der Waals surface area contributed by atoms with Gasteiger partial charge in [-0.3, -0.25) is 4.79 Å². The molecule has 0 aliphatic rings. The predicted octanol–water partition coefficient (Wildman–Crippen LogP) is 4.31. The van der Waals surface area contributed by atoms with Crippen molar-refractivity contribution in [1.82, 2.24) is 0 Å². The first-order valence-corrected chi connectivity index (χ1v) is 8.98. The molecular weight excluding hydrogens is 414 g/mol. The van der Waals surface area contributed by atoms with Gasteiger partial charge in [0.1, 0.15) is 11.5 Å². The topological polar surface area (TPSA) is 80.0 Å². The minimum atomic E-state index is -0.222. The summed E-state index contributed by atoms with van der Waals surface area (Å²) in [7, 11) is 4.62. The number of ether oxygens (including phenoxy) is 4. The number of nitrogen functional groups attached to an aromatic ring is 1. The molecule has 0 heterocycles. The highest BCUT2D eigenvalue weighted by Gasteiger charge is 2.16. The van der Waals surface area contributed by atoms with Gasteiger partial charge in [-0.1, -0.05) is 0 Å². The van der Waals surface area contributed by atoms with E-state index in [1.807, 2.05) is 6.92 Å². The summed E-state index contributed by atoms with van der Waals surface area (Å²) >= 11 is 3.36. The zero-order chi connectivity index (χ0) is 20.0. The number of methoxy groups -OCH3 is 3. The van der Waals surface area contributed by atoms with Crippen molar-refractivity contribution in [3.05, 3.63) is 45.9 Å². The molecule has 27 heavy (non-hydrogen) atoms. The molecule has 0 amide bonds. The Kier molecular flexibility index (Phi) is 7.12. The lowest BCUT2D eigenvalue weighted by Crippen LogP contribution is -2.03. The van der Waals surface area contributed by atoms with Crippen LogP contribution in [0.4, 0.5) is 5.69 Å². The Morgan fingerprint density at radius 3 is 2.41 bits per heavy atom. The second-order valence-electron chi connectivity index (χ2n) is 5.46. The van der Waals surface area contributed by atoms with Gasteiger partial charge in [0.15, 0.2) is 17.3 Å². The van der Waals surface area contributed by atoms with E-state index in [0.29, 0.717) is 50.9 Å². The molecule has 0 bridgehead atoms. The number of hydrogen-bond acceptors (Lipinski definition) is 6. The van der Waals surface area contributed by atoms with Crippen LogP contribution in [0.1, 0.15) is 22.8 Å². The molecule has 2 aromatic carbocycles. The van der Waals surface area contributed by atoms with E-state index in [1.165, 1.54) is 14.2 Å². The molecule has 0 spiro atoms. The normalized spacial score (nSPS) is 11.1. The van der Waals surface area contributed by atoms with E-state index < -0.39 is 0 Å². The molecule has 0 radical (unpaired) electrons. The molecule has 0 aliphatic carbocycles. The number of halogens is 1. The minimum Gasteiger partial charge on any atom is -0.497 e. The van der Waals surface area contributed by atoms with E-state index in [0.717, 1.165) is 0 Å². The molecule has 2 N–H and O–H groups in total. The third-order valence-corrected chi connectivity index (χ3v) is 4.38. The van der Waals surface area contributed by atoms with Crippen molar-refractivity contribution in [2.45, 2.75) is 6.92 Å². The van der Waals surface area contributed by atoms with Crippen LogP contribution in [0.15, 0.2) is 34.8 Å². The molecule has 0 atom stereocenters. The number of nitrogens with two attached hydrogens (primary N) is 1. The van der Waals surface area contributed by atoms with Gasteiger partial charge in [-0.25, -0.2) is 0 Å². The fraction of sp³-hybridized carbons (Fsp3) is 0.250. The monoisotopic (exact) mass is 435 g/mol. The summed E-state index contributed by atoms with van der Waals surface area (Å²) in [6.45, 7) is 2.31. The highest BCUT2D eigenvalue weighted by atomic mass is 79.9. The molecule has 0 aromatic heterocycles. The average molecular weight is 436 g/mol. The Hall–Kier alpha value is -2.67. The summed E-state index contributed by atoms with van der Waals surface area (Å²) in [4.78, 5) is 12.8. The number of benzene rings is 2. The number of carbonyl (C=O) groups is 1. The van der Waals surface area contributed by atoms with Crippen LogP contribution in [0.25, 0.3) is 6.08 Å². The first-order chi connectivity index (χ1) is 12.9. The lowest BCUT2D eigenvalue weighted by molar-refractivity contribution is 0.104. The summed E-state index contributed by atoms with van der Waals surface area (Å²) in [6, 6.07) is 8.39. The van der Waals surface area contributed by atoms with E-state index in [1.54, 1.807) is 43.5 Å². The molecule has 6 nitrogen and oxygen atoms in total. The van der Waals surface area contributed by atoms with Crippen LogP contribution in [0, 0.1) is 0 Å². The van der Waals surface area contributed by atoms with Crippen molar-refractivity contribution in [3.8, 4) is 23.0 Å². The van der Waals surface area contributed by atoms with Gasteiger partial charge in [-0.15, -0.1) is 0 Å². The molecule has 2 aromatic rings. The van der Waals surface area contributed by atoms with Crippen LogP contribution < -0.4 is 24.7 Å². The third-order valence-electron chi connectivity index (χ3n) is 3.79. The van der Waals surface area contributed by atoms with Gasteiger partial charge in [0, 0.05) is 17.2 Å². The van der Waals surface area contributed by atoms with Gasteiger partial charge < -0.3 is 24.7 Å². The highest BCUT2D eigenvalue weighted by Crippen LogP contribution is 2.37. The van der Waals surface area contributed by atoms with Crippen LogP contribution in [-0.4, -0.2) is 33.7 Å². The predicted molar refractivity (Wildman–Crippen MR) is 109 cm³/mol. The van der Waals surface area contributed by atoms with Crippen molar-refractivity contribution >= 4 is 33.5 Å². The van der Waals surface area contributed by atoms with Crippen LogP contribution in [0.3, 0.4) is 0 Å². The summed E-state index contributed by atoms with van der Waals surface area (Å²) in [5.74, 6) is 1.83. The molecule has 7 heteroatoms. The van der Waals surface area contributed by atoms with Gasteiger partial charge in [0.2, 0.25) is 0 Å². The van der Waals surface area contributed by atoms with Crippen LogP contribution >= 0.6 is 15.9 Å². The average Bonchev–Trinajstić information content (AvgIpc) is 2.68. The first kappa shape index (κ1) is 20.6. The highest BCUT2D eigenvalue weighted by molar-refractivity contribution is 9.12. The molecule has 0 saturated heterocycles. The Morgan fingerprint density at radius 1 is 1.07 bits per heavy atom. The second-order valence-corrected chi connectivity index (χ2v) is 6.31. The molecule has 144 valence electrons. The number of hydrogen-bond donors (Lipinski definition) is 1. The van der Waals surface area contributed by atoms with Gasteiger partial charge in [0.25, 0.3) is 0 Å². The van der Waals surface area contributed by atoms with Crippen molar-refractivity contribution in [2.24, 2.45) is 0 Å². The number of anilines is 1. The van der Waals surface area contributed by atoms with E-state index in [4.69, 9.17) is 24.7 Å². The van der Waals surface area contributed by atoms with E-state index >= 15 is 0 Å². The number of ketones is 1. The quantitative estimate of drug-likeness (QED) is 0.377. The number of Topliss-reactive ketones (excluding diaryl/α,β-unsaturated/α-hetero) is 1. The summed E-state index contributed by atoms with van der Waals surface area (Å²) in [6.07, 6.45) is 1.66. The molecule has 0 fully saturated rings. The van der Waals surface area contributed by atoms with Crippen LogP contribution in [0.2, 0.25) is 0 Å². The fourth-order valence-electron chi connectivity index (χ4n) is 2.49. The SMILES string of the molecule is CCOc1cc(C(=O)C(Br)=Cc2cc(OC)cc(OC)c2OC)ccc1N. The van der Waals surface area contributed by atoms with Crippen molar-refractivity contribution < 1.29 is 23.7 Å². The number of rotatable bonds is 8. The zero-order valence-electron chi connectivity index (χ0n) is 15.7. The Bertz CT molecular complexity index is 864. The van der Waals surface area contributed by atoms with Crippen molar-refractivity contribution in [2.75, 3.05) is 33.7 Å². The molecule has 2 rings (SSSR count). The number of carbonyl (C=O) groups excluding carboxylic acids is 1. The maximum Gasteiger partial charge on any atom is 0.200 e. The van der Waals surface area contributed by atoms with Gasteiger partial charge >= 0.3 is 0 Å². The molecule has 0 aliphatic heterocycles. The fourth-order valence-corrected chi connectivity index (χ4v) is 2.96. The lowest BCUT2D eigenvalue weighted by atomic mass is 10.1. The summed E-state index contributed by atoms with van der Waals surface area (Å²) in [5, 5.41) is 0. The summed E-state index contributed by atoms with van der Waals surface area (Å²) in [5.41, 5.74) is 7.43. The van der Waals surface area contributed by atoms with E-state index in [-0.39, 0.29) is 5.78 Å². The smallest absolute Gasteiger partial charge is 0.200 e. The second kappa shape index (κ2) is 9.32. The van der Waals surface area contributed by atoms with Crippen LogP contribution in [0.5, 0.6) is 23.0 Å². The van der Waals surface area contributed by atoms with Crippen molar-refractivity contribution in [3.63, 3.8) is 0 Å². The molecule has 0 unspecified atom stereocenters. The largest absolute Gasteiger partial charge is 0.497 e. The Labute approximate surface area is 167 Å². The number of allylic oxidation sites excluding steroid dienone is 1. The van der Waals surface area contributed by atoms with E-state index in [9.17, 15) is 4.79 Å². The summed E-state index contributed by atoms with van der Waals surface area (Å²) < 4.78 is 21.8. The van der Waals surface area contributed by atoms with Gasteiger partial charge in [0.05, 0.1) is 38.1 Å². The first-order valence-electron chi connectivity index (χ1n) is 8.19. The maximum atomic E-state index is 12.8.